The second kappa shape index (κ2) is 5.12. The number of quaternary nitrogens is 1. The number of ether oxygens (including phenoxy) is 1. The third-order valence-electron chi connectivity index (χ3n) is 1.96. The maximum absolute atomic E-state index is 11.1. The Morgan fingerprint density at radius 2 is 2.07 bits per heavy atom. The maximum atomic E-state index is 11.1. The van der Waals surface area contributed by atoms with E-state index in [1.54, 1.807) is 21.0 Å². The van der Waals surface area contributed by atoms with Gasteiger partial charge in [-0.3, -0.25) is 4.48 Å². The lowest BCUT2D eigenvalue weighted by Crippen LogP contribution is -2.51. The van der Waals surface area contributed by atoms with Gasteiger partial charge in [-0.05, 0) is 13.3 Å². The quantitative estimate of drug-likeness (QED) is 0.311. The van der Waals surface area contributed by atoms with Crippen LogP contribution in [0, 0.1) is 0 Å². The van der Waals surface area contributed by atoms with Gasteiger partial charge in [0.2, 0.25) is 0 Å². The van der Waals surface area contributed by atoms with Crippen molar-refractivity contribution in [2.45, 2.75) is 26.7 Å². The Labute approximate surface area is 85.4 Å². The van der Waals surface area contributed by atoms with Crippen LogP contribution in [-0.2, 0) is 9.53 Å². The molecule has 0 amide bonds. The Morgan fingerprint density at radius 1 is 1.57 bits per heavy atom. The Balaban J connectivity index is 4.26. The van der Waals surface area contributed by atoms with Crippen molar-refractivity contribution in [3.8, 4) is 0 Å². The average Bonchev–Trinajstić information content (AvgIpc) is 2.03. The van der Waals surface area contributed by atoms with Crippen molar-refractivity contribution in [2.75, 3.05) is 20.6 Å². The van der Waals surface area contributed by atoms with Crippen LogP contribution in [0.15, 0.2) is 12.2 Å². The Kier molecular flexibility index (Phi) is 4.80. The molecule has 0 rings (SSSR count). The van der Waals surface area contributed by atoms with Crippen LogP contribution in [0.2, 0.25) is 0 Å². The maximum Gasteiger partial charge on any atom is 0.351 e. The summed E-state index contributed by atoms with van der Waals surface area (Å²) in [6, 6.07) is 0. The van der Waals surface area contributed by atoms with Gasteiger partial charge in [-0.15, -0.1) is 0 Å². The number of hydrogen-bond acceptors (Lipinski definition) is 3. The molecule has 0 aliphatic heterocycles. The lowest BCUT2D eigenvalue weighted by molar-refractivity contribution is -0.958. The normalized spacial score (nSPS) is 13.5. The van der Waals surface area contributed by atoms with Crippen LogP contribution in [0.5, 0.6) is 0 Å². The van der Waals surface area contributed by atoms with Gasteiger partial charge in [-0.25, -0.2) is 4.79 Å². The Morgan fingerprint density at radius 3 is 2.43 bits per heavy atom. The number of nitrogens with zero attached hydrogens (tertiary/aromatic N) is 1. The number of carbonyl (C=O) groups excluding carboxylic acids is 1. The highest BCUT2D eigenvalue weighted by Gasteiger charge is 2.28. The molecule has 0 heterocycles. The summed E-state index contributed by atoms with van der Waals surface area (Å²) in [6.45, 7) is 7.74. The molecular weight excluding hydrogens is 182 g/mol. The van der Waals surface area contributed by atoms with Crippen LogP contribution in [0.25, 0.3) is 0 Å². The molecule has 0 saturated heterocycles. The molecule has 1 atom stereocenters. The predicted molar refractivity (Wildman–Crippen MR) is 54.2 cm³/mol. The second-order valence-electron chi connectivity index (χ2n) is 4.01. The number of aliphatic hydroxyl groups excluding tert-OH is 1. The van der Waals surface area contributed by atoms with E-state index >= 15 is 0 Å². The predicted octanol–water partition coefficient (Wildman–Crippen LogP) is 0.868. The number of carbonyl (C=O) groups is 1. The van der Waals surface area contributed by atoms with Gasteiger partial charge in [0.1, 0.15) is 0 Å². The summed E-state index contributed by atoms with van der Waals surface area (Å²) >= 11 is 0. The lowest BCUT2D eigenvalue weighted by atomic mass is 10.3. The summed E-state index contributed by atoms with van der Waals surface area (Å²) in [5, 5.41) is 9.62. The molecule has 0 fully saturated rings. The van der Waals surface area contributed by atoms with Crippen LogP contribution >= 0.6 is 0 Å². The largest absolute Gasteiger partial charge is 0.383 e. The number of rotatable bonds is 5. The minimum atomic E-state index is -1.13. The molecule has 0 saturated carbocycles. The van der Waals surface area contributed by atoms with Gasteiger partial charge in [0, 0.05) is 5.57 Å². The molecule has 14 heavy (non-hydrogen) atoms. The monoisotopic (exact) mass is 202 g/mol. The molecule has 1 unspecified atom stereocenters. The smallest absolute Gasteiger partial charge is 0.351 e. The van der Waals surface area contributed by atoms with Crippen molar-refractivity contribution in [1.82, 2.24) is 0 Å². The van der Waals surface area contributed by atoms with Crippen LogP contribution < -0.4 is 0 Å². The fourth-order valence-corrected chi connectivity index (χ4v) is 1.03. The summed E-state index contributed by atoms with van der Waals surface area (Å²) in [5.74, 6) is -0.556. The first kappa shape index (κ1) is 13.1. The summed E-state index contributed by atoms with van der Waals surface area (Å²) in [7, 11) is 3.61. The van der Waals surface area contributed by atoms with E-state index in [2.05, 4.69) is 6.58 Å². The molecule has 4 heteroatoms. The fraction of sp³-hybridized carbons (Fsp3) is 0.700. The van der Waals surface area contributed by atoms with E-state index in [1.807, 2.05) is 6.92 Å². The molecule has 1 N–H and O–H groups in total. The zero-order valence-electron chi connectivity index (χ0n) is 9.41. The van der Waals surface area contributed by atoms with E-state index in [9.17, 15) is 9.90 Å². The van der Waals surface area contributed by atoms with Crippen LogP contribution in [0.3, 0.4) is 0 Å². The highest BCUT2D eigenvalue weighted by Crippen LogP contribution is 2.08. The van der Waals surface area contributed by atoms with Gasteiger partial charge in [0.25, 0.3) is 0 Å². The molecule has 0 aliphatic rings. The third-order valence-corrected chi connectivity index (χ3v) is 1.96. The van der Waals surface area contributed by atoms with Crippen molar-refractivity contribution in [3.63, 3.8) is 0 Å². The number of esters is 1. The van der Waals surface area contributed by atoms with Crippen molar-refractivity contribution in [3.05, 3.63) is 12.2 Å². The van der Waals surface area contributed by atoms with E-state index < -0.39 is 12.4 Å². The van der Waals surface area contributed by atoms with Gasteiger partial charge in [0.15, 0.2) is 0 Å². The first-order chi connectivity index (χ1) is 6.31. The minimum Gasteiger partial charge on any atom is -0.383 e. The molecule has 0 aromatic rings. The molecule has 0 aliphatic carbocycles. The zero-order valence-corrected chi connectivity index (χ0v) is 9.41. The second-order valence-corrected chi connectivity index (χ2v) is 4.01. The fourth-order valence-electron chi connectivity index (χ4n) is 1.03. The summed E-state index contributed by atoms with van der Waals surface area (Å²) in [5.41, 5.74) is 0.292. The van der Waals surface area contributed by atoms with Crippen molar-refractivity contribution < 1.29 is 19.1 Å². The van der Waals surface area contributed by atoms with E-state index in [1.165, 1.54) is 0 Å². The minimum absolute atomic E-state index is 0.246. The molecular formula is C10H20NO3+. The molecule has 0 spiro atoms. The number of aliphatic hydroxyl groups is 1. The van der Waals surface area contributed by atoms with Crippen LogP contribution in [0.1, 0.15) is 20.3 Å². The summed E-state index contributed by atoms with van der Waals surface area (Å²) in [6.07, 6.45) is -0.214. The van der Waals surface area contributed by atoms with Gasteiger partial charge < -0.3 is 9.84 Å². The average molecular weight is 202 g/mol. The van der Waals surface area contributed by atoms with E-state index in [0.29, 0.717) is 5.57 Å². The molecule has 0 aromatic heterocycles. The highest BCUT2D eigenvalue weighted by atomic mass is 16.7. The lowest BCUT2D eigenvalue weighted by Gasteiger charge is -2.32. The highest BCUT2D eigenvalue weighted by molar-refractivity contribution is 5.86. The van der Waals surface area contributed by atoms with Gasteiger partial charge in [0.05, 0.1) is 20.6 Å². The Hall–Kier alpha value is -0.870. The van der Waals surface area contributed by atoms with E-state index in [4.69, 9.17) is 4.74 Å². The first-order valence-electron chi connectivity index (χ1n) is 4.68. The summed E-state index contributed by atoms with van der Waals surface area (Å²) < 4.78 is 5.06. The first-order valence-corrected chi connectivity index (χ1v) is 4.68. The van der Waals surface area contributed by atoms with Crippen LogP contribution in [-0.4, -0.2) is 42.6 Å². The van der Waals surface area contributed by atoms with Crippen molar-refractivity contribution >= 4 is 5.97 Å². The molecule has 82 valence electrons. The van der Waals surface area contributed by atoms with Crippen molar-refractivity contribution in [2.24, 2.45) is 0 Å². The Bertz CT molecular complexity index is 223. The summed E-state index contributed by atoms with van der Waals surface area (Å²) in [4.78, 5) is 11.1. The van der Waals surface area contributed by atoms with Gasteiger partial charge >= 0.3 is 12.4 Å². The van der Waals surface area contributed by atoms with Crippen LogP contribution in [0.4, 0.5) is 0 Å². The zero-order chi connectivity index (χ0) is 11.4. The topological polar surface area (TPSA) is 46.5 Å². The number of hydrogen-bond donors (Lipinski definition) is 1. The molecule has 4 nitrogen and oxygen atoms in total. The molecule has 0 aromatic carbocycles. The van der Waals surface area contributed by atoms with E-state index in [-0.39, 0.29) is 4.48 Å². The standard InChI is InChI=1S/C10H20NO3/c1-6-7-11(4,5)10(13)14-9(12)8(2)3/h10,13H,2,6-7H2,1,3-5H3/q+1. The molecule has 0 radical (unpaired) electrons. The van der Waals surface area contributed by atoms with Gasteiger partial charge in [-0.1, -0.05) is 13.5 Å². The van der Waals surface area contributed by atoms with Gasteiger partial charge in [-0.2, -0.15) is 0 Å². The SMILES string of the molecule is C=C(C)C(=O)OC(O)[N+](C)(C)CCC. The van der Waals surface area contributed by atoms with E-state index in [0.717, 1.165) is 13.0 Å². The third kappa shape index (κ3) is 3.89. The van der Waals surface area contributed by atoms with Crippen molar-refractivity contribution in [1.29, 1.82) is 0 Å². The molecule has 0 bridgehead atoms.